The van der Waals surface area contributed by atoms with Crippen LogP contribution in [0.3, 0.4) is 0 Å². The fourth-order valence-electron chi connectivity index (χ4n) is 0.808. The zero-order chi connectivity index (χ0) is 6.69. The molecule has 1 rings (SSSR count). The van der Waals surface area contributed by atoms with Crippen molar-refractivity contribution in [2.24, 2.45) is 5.92 Å². The molecule has 1 fully saturated rings. The zero-order valence-corrected chi connectivity index (χ0v) is 5.05. The van der Waals surface area contributed by atoms with E-state index in [4.69, 9.17) is 5.11 Å². The van der Waals surface area contributed by atoms with Crippen LogP contribution in [-0.4, -0.2) is 24.2 Å². The summed E-state index contributed by atoms with van der Waals surface area (Å²) < 4.78 is 0. The number of carbonyl (C=O) groups is 1. The first-order valence-corrected chi connectivity index (χ1v) is 2.95. The number of hydrazine groups is 1. The second-order valence-corrected chi connectivity index (χ2v) is 2.18. The first kappa shape index (κ1) is 6.51. The first-order valence-electron chi connectivity index (χ1n) is 2.95. The maximum absolute atomic E-state index is 10.5. The fraction of sp³-hybridized carbons (Fsp3) is 0.800. The van der Waals surface area contributed by atoms with Crippen LogP contribution in [0, 0.1) is 5.92 Å². The molecule has 0 saturated carbocycles. The van der Waals surface area contributed by atoms with E-state index >= 15 is 0 Å². The molecule has 1 aliphatic heterocycles. The molecular formula is C5H10N2O2. The Hall–Kier alpha value is -0.610. The normalized spacial score (nSPS) is 27.7. The Labute approximate surface area is 53.2 Å². The number of hydrogen-bond acceptors (Lipinski definition) is 3. The van der Waals surface area contributed by atoms with Gasteiger partial charge in [0.15, 0.2) is 0 Å². The molecule has 52 valence electrons. The third-order valence-corrected chi connectivity index (χ3v) is 1.35. The highest BCUT2D eigenvalue weighted by atomic mass is 16.3. The summed E-state index contributed by atoms with van der Waals surface area (Å²) in [6.45, 7) is 0.753. The molecule has 0 spiro atoms. The van der Waals surface area contributed by atoms with Gasteiger partial charge in [0.05, 0.1) is 0 Å². The molecule has 0 aromatic rings. The van der Waals surface area contributed by atoms with Crippen molar-refractivity contribution in [3.8, 4) is 0 Å². The molecule has 1 unspecified atom stereocenters. The predicted octanol–water partition coefficient (Wildman–Crippen LogP) is -1.38. The molecule has 1 atom stereocenters. The Morgan fingerprint density at radius 3 is 3.00 bits per heavy atom. The van der Waals surface area contributed by atoms with Crippen LogP contribution in [0.1, 0.15) is 6.42 Å². The van der Waals surface area contributed by atoms with Gasteiger partial charge in [-0.1, -0.05) is 0 Å². The summed E-state index contributed by atoms with van der Waals surface area (Å²) in [6.07, 6.45) is 0.434. The van der Waals surface area contributed by atoms with E-state index in [1.165, 1.54) is 0 Å². The average molecular weight is 130 g/mol. The van der Waals surface area contributed by atoms with E-state index in [0.29, 0.717) is 13.0 Å². The molecule has 3 N–H and O–H groups in total. The maximum atomic E-state index is 10.5. The Bertz CT molecular complexity index is 116. The van der Waals surface area contributed by atoms with Crippen molar-refractivity contribution in [3.63, 3.8) is 0 Å². The van der Waals surface area contributed by atoms with E-state index in [1.807, 2.05) is 0 Å². The lowest BCUT2D eigenvalue weighted by Crippen LogP contribution is -2.47. The second-order valence-electron chi connectivity index (χ2n) is 2.18. The SMILES string of the molecule is O=C1CC(CO)CNN1. The van der Waals surface area contributed by atoms with Gasteiger partial charge in [-0.15, -0.1) is 0 Å². The van der Waals surface area contributed by atoms with Crippen molar-refractivity contribution in [3.05, 3.63) is 0 Å². The van der Waals surface area contributed by atoms with Gasteiger partial charge in [-0.2, -0.15) is 0 Å². The Morgan fingerprint density at radius 1 is 1.78 bits per heavy atom. The molecule has 0 aromatic carbocycles. The fourth-order valence-corrected chi connectivity index (χ4v) is 0.808. The number of hydrogen-bond donors (Lipinski definition) is 3. The summed E-state index contributed by atoms with van der Waals surface area (Å²) >= 11 is 0. The summed E-state index contributed by atoms with van der Waals surface area (Å²) in [6, 6.07) is 0. The lowest BCUT2D eigenvalue weighted by molar-refractivity contribution is -0.125. The van der Waals surface area contributed by atoms with E-state index in [-0.39, 0.29) is 18.4 Å². The predicted molar refractivity (Wildman–Crippen MR) is 31.3 cm³/mol. The molecule has 1 aliphatic rings. The summed E-state index contributed by atoms with van der Waals surface area (Å²) in [5.41, 5.74) is 5.12. The molecule has 4 heteroatoms. The average Bonchev–Trinajstić information content (AvgIpc) is 1.88. The van der Waals surface area contributed by atoms with Gasteiger partial charge in [-0.3, -0.25) is 10.2 Å². The summed E-state index contributed by atoms with van der Waals surface area (Å²) in [4.78, 5) is 10.5. The van der Waals surface area contributed by atoms with Gasteiger partial charge in [-0.05, 0) is 0 Å². The maximum Gasteiger partial charge on any atom is 0.234 e. The third-order valence-electron chi connectivity index (χ3n) is 1.35. The van der Waals surface area contributed by atoms with Gasteiger partial charge in [0.25, 0.3) is 0 Å². The second kappa shape index (κ2) is 2.80. The monoisotopic (exact) mass is 130 g/mol. The Kier molecular flexibility index (Phi) is 2.02. The molecule has 1 saturated heterocycles. The Balaban J connectivity index is 2.32. The van der Waals surface area contributed by atoms with Crippen molar-refractivity contribution in [2.45, 2.75) is 6.42 Å². The van der Waals surface area contributed by atoms with Crippen LogP contribution in [-0.2, 0) is 4.79 Å². The van der Waals surface area contributed by atoms with E-state index < -0.39 is 0 Å². The molecule has 4 nitrogen and oxygen atoms in total. The smallest absolute Gasteiger partial charge is 0.234 e. The quantitative estimate of drug-likeness (QED) is 0.410. The van der Waals surface area contributed by atoms with Gasteiger partial charge >= 0.3 is 0 Å². The van der Waals surface area contributed by atoms with E-state index in [1.54, 1.807) is 0 Å². The Morgan fingerprint density at radius 2 is 2.56 bits per heavy atom. The highest BCUT2D eigenvalue weighted by Gasteiger charge is 2.16. The molecule has 1 amide bonds. The van der Waals surface area contributed by atoms with Crippen molar-refractivity contribution in [1.82, 2.24) is 10.9 Å². The van der Waals surface area contributed by atoms with Crippen LogP contribution < -0.4 is 10.9 Å². The largest absolute Gasteiger partial charge is 0.396 e. The molecule has 0 radical (unpaired) electrons. The standard InChI is InChI=1S/C5H10N2O2/c8-3-4-1-5(9)7-6-2-4/h4,6,8H,1-3H2,(H,7,9). The summed E-state index contributed by atoms with van der Waals surface area (Å²) in [5.74, 6) is 0.0547. The van der Waals surface area contributed by atoms with Gasteiger partial charge in [0.2, 0.25) is 5.91 Å². The molecule has 0 aliphatic carbocycles. The lowest BCUT2D eigenvalue weighted by Gasteiger charge is -2.20. The number of carbonyl (C=O) groups excluding carboxylic acids is 1. The molecule has 9 heavy (non-hydrogen) atoms. The van der Waals surface area contributed by atoms with E-state index in [9.17, 15) is 4.79 Å². The van der Waals surface area contributed by atoms with Crippen LogP contribution in [0.15, 0.2) is 0 Å². The highest BCUT2D eigenvalue weighted by Crippen LogP contribution is 2.02. The zero-order valence-electron chi connectivity index (χ0n) is 5.05. The van der Waals surface area contributed by atoms with Gasteiger partial charge in [0, 0.05) is 25.5 Å². The van der Waals surface area contributed by atoms with Crippen LogP contribution in [0.25, 0.3) is 0 Å². The van der Waals surface area contributed by atoms with E-state index in [0.717, 1.165) is 0 Å². The third kappa shape index (κ3) is 1.65. The van der Waals surface area contributed by atoms with Crippen LogP contribution in [0.5, 0.6) is 0 Å². The van der Waals surface area contributed by atoms with Crippen molar-refractivity contribution < 1.29 is 9.90 Å². The van der Waals surface area contributed by atoms with Crippen molar-refractivity contribution >= 4 is 5.91 Å². The molecule has 1 heterocycles. The van der Waals surface area contributed by atoms with Crippen LogP contribution in [0.4, 0.5) is 0 Å². The van der Waals surface area contributed by atoms with Crippen LogP contribution >= 0.6 is 0 Å². The van der Waals surface area contributed by atoms with Crippen LogP contribution in [0.2, 0.25) is 0 Å². The number of aliphatic hydroxyl groups is 1. The topological polar surface area (TPSA) is 61.4 Å². The van der Waals surface area contributed by atoms with Crippen molar-refractivity contribution in [1.29, 1.82) is 0 Å². The lowest BCUT2D eigenvalue weighted by atomic mass is 10.1. The van der Waals surface area contributed by atoms with Gasteiger partial charge < -0.3 is 5.11 Å². The first-order chi connectivity index (χ1) is 4.33. The highest BCUT2D eigenvalue weighted by molar-refractivity contribution is 5.76. The molecule has 0 aromatic heterocycles. The minimum Gasteiger partial charge on any atom is -0.396 e. The number of amides is 1. The van der Waals surface area contributed by atoms with Crippen molar-refractivity contribution in [2.75, 3.05) is 13.2 Å². The van der Waals surface area contributed by atoms with Gasteiger partial charge in [0.1, 0.15) is 0 Å². The van der Waals surface area contributed by atoms with E-state index in [2.05, 4.69) is 10.9 Å². The molecular weight excluding hydrogens is 120 g/mol. The minimum absolute atomic E-state index is 0.0414. The minimum atomic E-state index is -0.0414. The number of aliphatic hydroxyl groups excluding tert-OH is 1. The number of nitrogens with one attached hydrogen (secondary N) is 2. The summed E-state index contributed by atoms with van der Waals surface area (Å²) in [7, 11) is 0. The number of rotatable bonds is 1. The van der Waals surface area contributed by atoms with Gasteiger partial charge in [-0.25, -0.2) is 5.43 Å². The molecule has 0 bridgehead atoms. The summed E-state index contributed by atoms with van der Waals surface area (Å²) in [5, 5.41) is 8.59.